The first-order valence-corrected chi connectivity index (χ1v) is 7.77. The van der Waals surface area contributed by atoms with Crippen LogP contribution in [0.15, 0.2) is 53.0 Å². The molecule has 0 unspecified atom stereocenters. The standard InChI is InChI=1S/C17H13BrN2O3/c1-11(21)19(13-5-3-2-4-6-13)10-20-16(22)14-8-7-12(18)9-15(14)17(20)23/h2-9H,10H2,1H3. The Labute approximate surface area is 141 Å². The summed E-state index contributed by atoms with van der Waals surface area (Å²) in [5.74, 6) is -1.03. The number of fused-ring (bicyclic) bond motifs is 1. The Kier molecular flexibility index (Phi) is 4.00. The van der Waals surface area contributed by atoms with E-state index in [9.17, 15) is 14.4 Å². The quantitative estimate of drug-likeness (QED) is 0.778. The molecule has 6 heteroatoms. The van der Waals surface area contributed by atoms with Crippen molar-refractivity contribution in [1.82, 2.24) is 4.90 Å². The molecule has 0 fully saturated rings. The van der Waals surface area contributed by atoms with E-state index in [-0.39, 0.29) is 18.5 Å². The lowest BCUT2D eigenvalue weighted by Gasteiger charge is -2.25. The molecule has 2 aromatic carbocycles. The minimum absolute atomic E-state index is 0.108. The molecule has 0 saturated heterocycles. The Morgan fingerprint density at radius 2 is 1.70 bits per heavy atom. The van der Waals surface area contributed by atoms with Crippen molar-refractivity contribution in [2.45, 2.75) is 6.92 Å². The van der Waals surface area contributed by atoms with Crippen LogP contribution in [0.1, 0.15) is 27.6 Å². The van der Waals surface area contributed by atoms with Gasteiger partial charge < -0.3 is 0 Å². The third-order valence-electron chi connectivity index (χ3n) is 3.66. The zero-order valence-corrected chi connectivity index (χ0v) is 13.9. The largest absolute Gasteiger partial charge is 0.294 e. The Hall–Kier alpha value is -2.47. The van der Waals surface area contributed by atoms with Crippen LogP contribution in [0.3, 0.4) is 0 Å². The molecule has 5 nitrogen and oxygen atoms in total. The minimum Gasteiger partial charge on any atom is -0.294 e. The van der Waals surface area contributed by atoms with Crippen molar-refractivity contribution in [3.05, 3.63) is 64.1 Å². The fourth-order valence-corrected chi connectivity index (χ4v) is 2.86. The molecule has 3 amide bonds. The SMILES string of the molecule is CC(=O)N(CN1C(=O)c2ccc(Br)cc2C1=O)c1ccccc1. The van der Waals surface area contributed by atoms with Gasteiger partial charge in [-0.15, -0.1) is 0 Å². The molecule has 1 heterocycles. The molecule has 0 aliphatic carbocycles. The number of amides is 3. The van der Waals surface area contributed by atoms with E-state index >= 15 is 0 Å². The van der Waals surface area contributed by atoms with Gasteiger partial charge in [0.15, 0.2) is 0 Å². The monoisotopic (exact) mass is 372 g/mol. The third-order valence-corrected chi connectivity index (χ3v) is 4.16. The number of hydrogen-bond donors (Lipinski definition) is 0. The molecule has 2 aromatic rings. The number of imide groups is 1. The Morgan fingerprint density at radius 1 is 1.04 bits per heavy atom. The highest BCUT2D eigenvalue weighted by molar-refractivity contribution is 9.10. The Morgan fingerprint density at radius 3 is 2.35 bits per heavy atom. The number of carbonyl (C=O) groups excluding carboxylic acids is 3. The summed E-state index contributed by atoms with van der Waals surface area (Å²) >= 11 is 3.30. The van der Waals surface area contributed by atoms with Gasteiger partial charge >= 0.3 is 0 Å². The summed E-state index contributed by atoms with van der Waals surface area (Å²) in [5, 5.41) is 0. The maximum atomic E-state index is 12.5. The number of carbonyl (C=O) groups is 3. The van der Waals surface area contributed by atoms with Crippen LogP contribution in [0.4, 0.5) is 5.69 Å². The van der Waals surface area contributed by atoms with E-state index < -0.39 is 5.91 Å². The van der Waals surface area contributed by atoms with Crippen LogP contribution in [-0.4, -0.2) is 29.3 Å². The third kappa shape index (κ3) is 2.77. The smallest absolute Gasteiger partial charge is 0.263 e. The van der Waals surface area contributed by atoms with Crippen LogP contribution < -0.4 is 4.90 Å². The molecule has 0 atom stereocenters. The van der Waals surface area contributed by atoms with Gasteiger partial charge in [0.2, 0.25) is 5.91 Å². The van der Waals surface area contributed by atoms with E-state index in [1.807, 2.05) is 6.07 Å². The first-order chi connectivity index (χ1) is 11.0. The summed E-state index contributed by atoms with van der Waals surface area (Å²) < 4.78 is 0.728. The van der Waals surface area contributed by atoms with E-state index in [0.717, 1.165) is 9.37 Å². The number of para-hydroxylation sites is 1. The molecule has 0 N–H and O–H groups in total. The Bertz CT molecular complexity index is 805. The molecule has 0 aromatic heterocycles. The molecule has 3 rings (SSSR count). The summed E-state index contributed by atoms with van der Waals surface area (Å²) in [4.78, 5) is 39.4. The fraction of sp³-hybridized carbons (Fsp3) is 0.118. The predicted molar refractivity (Wildman–Crippen MR) is 89.1 cm³/mol. The van der Waals surface area contributed by atoms with Crippen LogP contribution in [-0.2, 0) is 4.79 Å². The number of benzene rings is 2. The van der Waals surface area contributed by atoms with Gasteiger partial charge in [-0.1, -0.05) is 34.1 Å². The molecule has 0 spiro atoms. The second-order valence-corrected chi connectivity index (χ2v) is 6.07. The number of rotatable bonds is 3. The van der Waals surface area contributed by atoms with Gasteiger partial charge in [-0.05, 0) is 30.3 Å². The molecule has 0 bridgehead atoms. The number of hydrogen-bond acceptors (Lipinski definition) is 3. The van der Waals surface area contributed by atoms with Gasteiger partial charge in [0.1, 0.15) is 6.67 Å². The molecular weight excluding hydrogens is 360 g/mol. The zero-order chi connectivity index (χ0) is 16.6. The van der Waals surface area contributed by atoms with Crippen LogP contribution in [0, 0.1) is 0 Å². The van der Waals surface area contributed by atoms with Gasteiger partial charge in [-0.25, -0.2) is 0 Å². The molecule has 0 saturated carbocycles. The Balaban J connectivity index is 1.92. The first kappa shape index (κ1) is 15.4. The van der Waals surface area contributed by atoms with E-state index in [0.29, 0.717) is 16.8 Å². The van der Waals surface area contributed by atoms with Crippen molar-refractivity contribution in [3.8, 4) is 0 Å². The first-order valence-electron chi connectivity index (χ1n) is 6.98. The lowest BCUT2D eigenvalue weighted by Crippen LogP contribution is -2.43. The molecule has 1 aliphatic heterocycles. The van der Waals surface area contributed by atoms with E-state index in [1.54, 1.807) is 42.5 Å². The topological polar surface area (TPSA) is 57.7 Å². The van der Waals surface area contributed by atoms with E-state index in [1.165, 1.54) is 11.8 Å². The number of halogens is 1. The average molecular weight is 373 g/mol. The van der Waals surface area contributed by atoms with E-state index in [4.69, 9.17) is 0 Å². The zero-order valence-electron chi connectivity index (χ0n) is 12.3. The number of anilines is 1. The maximum Gasteiger partial charge on any atom is 0.263 e. The normalized spacial score (nSPS) is 13.2. The van der Waals surface area contributed by atoms with Crippen molar-refractivity contribution in [2.24, 2.45) is 0 Å². The van der Waals surface area contributed by atoms with Crippen LogP contribution in [0.5, 0.6) is 0 Å². The highest BCUT2D eigenvalue weighted by Crippen LogP contribution is 2.27. The van der Waals surface area contributed by atoms with Crippen molar-refractivity contribution in [3.63, 3.8) is 0 Å². The predicted octanol–water partition coefficient (Wildman–Crippen LogP) is 3.06. The van der Waals surface area contributed by atoms with Gasteiger partial charge in [-0.2, -0.15) is 0 Å². The van der Waals surface area contributed by atoms with Crippen molar-refractivity contribution in [1.29, 1.82) is 0 Å². The lowest BCUT2D eigenvalue weighted by molar-refractivity contribution is -0.116. The van der Waals surface area contributed by atoms with Crippen molar-refractivity contribution >= 4 is 39.3 Å². The maximum absolute atomic E-state index is 12.5. The summed E-state index contributed by atoms with van der Waals surface area (Å²) in [6, 6.07) is 13.9. The highest BCUT2D eigenvalue weighted by atomic mass is 79.9. The second-order valence-electron chi connectivity index (χ2n) is 5.15. The van der Waals surface area contributed by atoms with Crippen molar-refractivity contribution in [2.75, 3.05) is 11.6 Å². The van der Waals surface area contributed by atoms with Crippen molar-refractivity contribution < 1.29 is 14.4 Å². The van der Waals surface area contributed by atoms with E-state index in [2.05, 4.69) is 15.9 Å². The molecule has 23 heavy (non-hydrogen) atoms. The second kappa shape index (κ2) is 5.96. The molecule has 0 radical (unpaired) electrons. The number of nitrogens with zero attached hydrogens (tertiary/aromatic N) is 2. The summed E-state index contributed by atoms with van der Waals surface area (Å²) in [6.45, 7) is 1.30. The minimum atomic E-state index is -0.395. The molecule has 116 valence electrons. The molecular formula is C17H13BrN2O3. The van der Waals surface area contributed by atoms with Gasteiger partial charge in [0.05, 0.1) is 11.1 Å². The average Bonchev–Trinajstić information content (AvgIpc) is 2.76. The molecule has 1 aliphatic rings. The summed E-state index contributed by atoms with van der Waals surface area (Å²) in [6.07, 6.45) is 0. The van der Waals surface area contributed by atoms with Gasteiger partial charge in [0, 0.05) is 17.1 Å². The van der Waals surface area contributed by atoms with Crippen LogP contribution in [0.2, 0.25) is 0 Å². The highest BCUT2D eigenvalue weighted by Gasteiger charge is 2.37. The fourth-order valence-electron chi connectivity index (χ4n) is 2.50. The van der Waals surface area contributed by atoms with Crippen LogP contribution in [0.25, 0.3) is 0 Å². The van der Waals surface area contributed by atoms with Gasteiger partial charge in [0.25, 0.3) is 11.8 Å². The summed E-state index contributed by atoms with van der Waals surface area (Å²) in [5.41, 5.74) is 1.34. The lowest BCUT2D eigenvalue weighted by atomic mass is 10.1. The summed E-state index contributed by atoms with van der Waals surface area (Å²) in [7, 11) is 0. The van der Waals surface area contributed by atoms with Crippen LogP contribution >= 0.6 is 15.9 Å². The van der Waals surface area contributed by atoms with Gasteiger partial charge in [-0.3, -0.25) is 24.2 Å².